The van der Waals surface area contributed by atoms with Crippen LogP contribution in [0, 0.1) is 5.82 Å². The fraction of sp³-hybridized carbons (Fsp3) is 0.200. The Bertz CT molecular complexity index is 646. The minimum Gasteiger partial charge on any atom is -0.486 e. The quantitative estimate of drug-likeness (QED) is 0.756. The summed E-state index contributed by atoms with van der Waals surface area (Å²) in [7, 11) is 0. The summed E-state index contributed by atoms with van der Waals surface area (Å²) in [5, 5.41) is -0.503. The molecule has 1 atom stereocenters. The molecule has 0 fully saturated rings. The maximum Gasteiger partial charge on any atom is 0.161 e. The molecule has 0 amide bonds. The van der Waals surface area contributed by atoms with E-state index in [-0.39, 0.29) is 5.02 Å². The minimum absolute atomic E-state index is 0.0439. The smallest absolute Gasteiger partial charge is 0.161 e. The molecule has 5 heteroatoms. The van der Waals surface area contributed by atoms with Gasteiger partial charge < -0.3 is 9.47 Å². The van der Waals surface area contributed by atoms with Crippen LogP contribution in [0.25, 0.3) is 0 Å². The SMILES string of the molecule is Fc1cccc(C(Cl)c2ccc3c(c2)OCCO3)c1Cl. The van der Waals surface area contributed by atoms with Gasteiger partial charge in [-0.05, 0) is 29.3 Å². The highest BCUT2D eigenvalue weighted by Crippen LogP contribution is 2.39. The molecule has 104 valence electrons. The maximum atomic E-state index is 13.5. The molecular weight excluding hydrogens is 302 g/mol. The van der Waals surface area contributed by atoms with Crippen molar-refractivity contribution in [3.05, 3.63) is 58.4 Å². The third kappa shape index (κ3) is 2.43. The Labute approximate surface area is 126 Å². The van der Waals surface area contributed by atoms with Crippen LogP contribution < -0.4 is 9.47 Å². The molecule has 0 N–H and O–H groups in total. The first-order valence-corrected chi connectivity index (χ1v) is 6.96. The summed E-state index contributed by atoms with van der Waals surface area (Å²) >= 11 is 12.4. The zero-order valence-electron chi connectivity index (χ0n) is 10.4. The van der Waals surface area contributed by atoms with E-state index in [1.54, 1.807) is 24.3 Å². The first kappa shape index (κ1) is 13.5. The van der Waals surface area contributed by atoms with Crippen molar-refractivity contribution in [3.8, 4) is 11.5 Å². The lowest BCUT2D eigenvalue weighted by Crippen LogP contribution is -2.15. The summed E-state index contributed by atoms with van der Waals surface area (Å²) in [6.45, 7) is 1.04. The van der Waals surface area contributed by atoms with Gasteiger partial charge in [0.05, 0.1) is 10.4 Å². The highest BCUT2D eigenvalue weighted by Gasteiger charge is 2.19. The molecule has 2 aromatic carbocycles. The van der Waals surface area contributed by atoms with Crippen LogP contribution in [0.5, 0.6) is 11.5 Å². The number of rotatable bonds is 2. The molecule has 1 aliphatic rings. The molecule has 0 spiro atoms. The fourth-order valence-electron chi connectivity index (χ4n) is 2.11. The summed E-state index contributed by atoms with van der Waals surface area (Å²) in [6.07, 6.45) is 0. The normalized spacial score (nSPS) is 14.9. The molecule has 0 saturated carbocycles. The van der Waals surface area contributed by atoms with Gasteiger partial charge in [0.2, 0.25) is 0 Å². The lowest BCUT2D eigenvalue weighted by Gasteiger charge is -2.20. The Hall–Kier alpha value is -1.45. The van der Waals surface area contributed by atoms with E-state index in [1.165, 1.54) is 6.07 Å². The van der Waals surface area contributed by atoms with Crippen molar-refractivity contribution >= 4 is 23.2 Å². The predicted octanol–water partition coefficient (Wildman–Crippen LogP) is 4.58. The van der Waals surface area contributed by atoms with Crippen molar-refractivity contribution in [2.75, 3.05) is 13.2 Å². The highest BCUT2D eigenvalue weighted by molar-refractivity contribution is 6.33. The van der Waals surface area contributed by atoms with Gasteiger partial charge in [0.1, 0.15) is 19.0 Å². The van der Waals surface area contributed by atoms with Crippen molar-refractivity contribution in [1.29, 1.82) is 0 Å². The summed E-state index contributed by atoms with van der Waals surface area (Å²) in [4.78, 5) is 0. The lowest BCUT2D eigenvalue weighted by atomic mass is 10.0. The monoisotopic (exact) mass is 312 g/mol. The molecule has 0 saturated heterocycles. The molecular formula is C15H11Cl2FO2. The van der Waals surface area contributed by atoms with Crippen molar-refractivity contribution in [3.63, 3.8) is 0 Å². The van der Waals surface area contributed by atoms with Crippen LogP contribution >= 0.6 is 23.2 Å². The van der Waals surface area contributed by atoms with Crippen LogP contribution in [-0.2, 0) is 0 Å². The van der Waals surface area contributed by atoms with E-state index in [0.717, 1.165) is 5.56 Å². The number of hydrogen-bond acceptors (Lipinski definition) is 2. The molecule has 0 aromatic heterocycles. The topological polar surface area (TPSA) is 18.5 Å². The number of ether oxygens (including phenoxy) is 2. The number of alkyl halides is 1. The van der Waals surface area contributed by atoms with Gasteiger partial charge in [-0.25, -0.2) is 4.39 Å². The first-order chi connectivity index (χ1) is 9.66. The van der Waals surface area contributed by atoms with Gasteiger partial charge in [-0.15, -0.1) is 11.6 Å². The molecule has 1 unspecified atom stereocenters. The Balaban J connectivity index is 1.98. The first-order valence-electron chi connectivity index (χ1n) is 6.14. The van der Waals surface area contributed by atoms with Crippen LogP contribution in [-0.4, -0.2) is 13.2 Å². The maximum absolute atomic E-state index is 13.5. The second kappa shape index (κ2) is 5.51. The van der Waals surface area contributed by atoms with Crippen LogP contribution in [0.15, 0.2) is 36.4 Å². The number of hydrogen-bond donors (Lipinski definition) is 0. The van der Waals surface area contributed by atoms with E-state index in [2.05, 4.69) is 0 Å². The predicted molar refractivity (Wildman–Crippen MR) is 76.5 cm³/mol. The molecule has 2 aromatic rings. The summed E-state index contributed by atoms with van der Waals surface area (Å²) in [6, 6.07) is 10.0. The summed E-state index contributed by atoms with van der Waals surface area (Å²) in [5.74, 6) is 0.855. The van der Waals surface area contributed by atoms with Gasteiger partial charge in [0, 0.05) is 0 Å². The molecule has 0 bridgehead atoms. The molecule has 1 aliphatic heterocycles. The van der Waals surface area contributed by atoms with E-state index in [0.29, 0.717) is 30.3 Å². The van der Waals surface area contributed by atoms with Gasteiger partial charge in [0.25, 0.3) is 0 Å². The number of fused-ring (bicyclic) bond motifs is 1. The average molecular weight is 313 g/mol. The van der Waals surface area contributed by atoms with Crippen LogP contribution in [0.2, 0.25) is 5.02 Å². The Morgan fingerprint density at radius 3 is 2.60 bits per heavy atom. The van der Waals surface area contributed by atoms with Crippen molar-refractivity contribution in [2.24, 2.45) is 0 Å². The van der Waals surface area contributed by atoms with Gasteiger partial charge in [-0.2, -0.15) is 0 Å². The van der Waals surface area contributed by atoms with E-state index < -0.39 is 11.2 Å². The van der Waals surface area contributed by atoms with Gasteiger partial charge in [0.15, 0.2) is 11.5 Å². The zero-order chi connectivity index (χ0) is 14.1. The molecule has 1 heterocycles. The van der Waals surface area contributed by atoms with Crippen LogP contribution in [0.3, 0.4) is 0 Å². The third-order valence-corrected chi connectivity index (χ3v) is 4.00. The van der Waals surface area contributed by atoms with E-state index >= 15 is 0 Å². The largest absolute Gasteiger partial charge is 0.486 e. The van der Waals surface area contributed by atoms with Crippen molar-refractivity contribution < 1.29 is 13.9 Å². The van der Waals surface area contributed by atoms with Gasteiger partial charge >= 0.3 is 0 Å². The van der Waals surface area contributed by atoms with E-state index in [1.807, 2.05) is 6.07 Å². The Morgan fingerprint density at radius 1 is 1.05 bits per heavy atom. The fourth-order valence-corrected chi connectivity index (χ4v) is 2.72. The molecule has 2 nitrogen and oxygen atoms in total. The third-order valence-electron chi connectivity index (χ3n) is 3.11. The standard InChI is InChI=1S/C15H11Cl2FO2/c16-14(10-2-1-3-11(18)15(10)17)9-4-5-12-13(8-9)20-7-6-19-12/h1-5,8,14H,6-7H2. The Morgan fingerprint density at radius 2 is 1.80 bits per heavy atom. The second-order valence-electron chi connectivity index (χ2n) is 4.41. The molecule has 0 aliphatic carbocycles. The van der Waals surface area contributed by atoms with Gasteiger partial charge in [-0.3, -0.25) is 0 Å². The molecule has 0 radical (unpaired) electrons. The van der Waals surface area contributed by atoms with Crippen molar-refractivity contribution in [1.82, 2.24) is 0 Å². The molecule has 20 heavy (non-hydrogen) atoms. The van der Waals surface area contributed by atoms with Crippen LogP contribution in [0.4, 0.5) is 4.39 Å². The van der Waals surface area contributed by atoms with Gasteiger partial charge in [-0.1, -0.05) is 29.8 Å². The minimum atomic E-state index is -0.547. The Kier molecular flexibility index (Phi) is 3.72. The van der Waals surface area contributed by atoms with Crippen LogP contribution in [0.1, 0.15) is 16.5 Å². The lowest BCUT2D eigenvalue weighted by molar-refractivity contribution is 0.171. The zero-order valence-corrected chi connectivity index (χ0v) is 11.9. The van der Waals surface area contributed by atoms with E-state index in [9.17, 15) is 4.39 Å². The summed E-state index contributed by atoms with van der Waals surface area (Å²) in [5.41, 5.74) is 1.31. The van der Waals surface area contributed by atoms with Crippen molar-refractivity contribution in [2.45, 2.75) is 5.38 Å². The average Bonchev–Trinajstić information content (AvgIpc) is 2.49. The summed E-state index contributed by atoms with van der Waals surface area (Å²) < 4.78 is 24.5. The molecule has 3 rings (SSSR count). The highest BCUT2D eigenvalue weighted by atomic mass is 35.5. The number of benzene rings is 2. The second-order valence-corrected chi connectivity index (χ2v) is 5.22. The number of halogens is 3. The van der Waals surface area contributed by atoms with E-state index in [4.69, 9.17) is 32.7 Å².